The van der Waals surface area contributed by atoms with Crippen molar-refractivity contribution in [3.8, 4) is 0 Å². The predicted octanol–water partition coefficient (Wildman–Crippen LogP) is 1.74. The Kier molecular flexibility index (Phi) is 3.98. The van der Waals surface area contributed by atoms with E-state index in [1.807, 2.05) is 17.7 Å². The number of hydrogen-bond acceptors (Lipinski definition) is 4. The highest BCUT2D eigenvalue weighted by molar-refractivity contribution is 5.22. The first-order valence-electron chi connectivity index (χ1n) is 7.21. The minimum Gasteiger partial charge on any atom is -0.392 e. The van der Waals surface area contributed by atoms with Crippen LogP contribution in [0.5, 0.6) is 0 Å². The van der Waals surface area contributed by atoms with E-state index in [4.69, 9.17) is 0 Å². The molecule has 112 valence electrons. The average molecular weight is 290 g/mol. The Bertz CT molecular complexity index is 615. The number of β-amino-alcohol motifs (C(OH)–C–C–N with tert-alkyl or cyclic N) is 1. The molecule has 0 saturated carbocycles. The Morgan fingerprint density at radius 2 is 2.29 bits per heavy atom. The van der Waals surface area contributed by atoms with Crippen molar-refractivity contribution in [1.29, 1.82) is 0 Å². The fraction of sp³-hybridized carbons (Fsp3) is 0.467. The average Bonchev–Trinajstić information content (AvgIpc) is 3.05. The van der Waals surface area contributed by atoms with Crippen molar-refractivity contribution in [3.05, 3.63) is 47.8 Å². The largest absolute Gasteiger partial charge is 0.392 e. The van der Waals surface area contributed by atoms with E-state index in [0.29, 0.717) is 19.5 Å². The quantitative estimate of drug-likeness (QED) is 0.932. The minimum atomic E-state index is -0.392. The third-order valence-electron chi connectivity index (χ3n) is 3.95. The third-order valence-corrected chi connectivity index (χ3v) is 3.95. The van der Waals surface area contributed by atoms with E-state index >= 15 is 0 Å². The van der Waals surface area contributed by atoms with Gasteiger partial charge in [0.1, 0.15) is 18.0 Å². The first-order chi connectivity index (χ1) is 10.2. The number of likely N-dealkylation sites (tertiary alicyclic amines) is 1. The van der Waals surface area contributed by atoms with Gasteiger partial charge in [0, 0.05) is 19.1 Å². The number of aliphatic hydroxyl groups is 1. The van der Waals surface area contributed by atoms with Crippen LogP contribution < -0.4 is 0 Å². The molecule has 0 bridgehead atoms. The summed E-state index contributed by atoms with van der Waals surface area (Å²) in [5.41, 5.74) is 0.897. The molecule has 21 heavy (non-hydrogen) atoms. The van der Waals surface area contributed by atoms with Gasteiger partial charge in [0.25, 0.3) is 0 Å². The molecule has 0 unspecified atom stereocenters. The van der Waals surface area contributed by atoms with Crippen molar-refractivity contribution < 1.29 is 9.50 Å². The van der Waals surface area contributed by atoms with Crippen LogP contribution in [0.1, 0.15) is 30.8 Å². The molecule has 2 heterocycles. The summed E-state index contributed by atoms with van der Waals surface area (Å²) in [5.74, 6) is 0.624. The molecule has 1 aromatic heterocycles. The van der Waals surface area contributed by atoms with Crippen LogP contribution in [0, 0.1) is 5.82 Å². The van der Waals surface area contributed by atoms with E-state index in [-0.39, 0.29) is 11.9 Å². The number of halogens is 1. The molecule has 2 aromatic rings. The summed E-state index contributed by atoms with van der Waals surface area (Å²) in [6, 6.07) is 6.61. The van der Waals surface area contributed by atoms with Crippen molar-refractivity contribution in [2.75, 3.05) is 6.54 Å². The standard InChI is InChI=1S/C15H19FN4O/c1-2-20-15(17-10-18-20)9-19-8-13(21)7-14(19)11-4-3-5-12(16)6-11/h3-6,10,13-14,21H,2,7-9H2,1H3/t13-,14-/m1/s1. The Morgan fingerprint density at radius 3 is 3.05 bits per heavy atom. The summed E-state index contributed by atoms with van der Waals surface area (Å²) in [6.45, 7) is 3.95. The third kappa shape index (κ3) is 2.96. The molecule has 1 saturated heterocycles. The zero-order valence-electron chi connectivity index (χ0n) is 12.0. The molecule has 0 radical (unpaired) electrons. The summed E-state index contributed by atoms with van der Waals surface area (Å²) in [7, 11) is 0. The van der Waals surface area contributed by atoms with Crippen LogP contribution >= 0.6 is 0 Å². The predicted molar refractivity (Wildman–Crippen MR) is 75.9 cm³/mol. The monoisotopic (exact) mass is 290 g/mol. The first-order valence-corrected chi connectivity index (χ1v) is 7.21. The van der Waals surface area contributed by atoms with E-state index in [2.05, 4.69) is 15.0 Å². The fourth-order valence-corrected chi connectivity index (χ4v) is 2.97. The normalized spacial score (nSPS) is 22.8. The Labute approximate surface area is 123 Å². The van der Waals surface area contributed by atoms with Gasteiger partial charge in [-0.05, 0) is 31.0 Å². The lowest BCUT2D eigenvalue weighted by molar-refractivity contribution is 0.170. The number of nitrogens with zero attached hydrogens (tertiary/aromatic N) is 4. The smallest absolute Gasteiger partial charge is 0.141 e. The molecule has 1 aliphatic heterocycles. The van der Waals surface area contributed by atoms with E-state index < -0.39 is 6.10 Å². The van der Waals surface area contributed by atoms with Crippen molar-refractivity contribution >= 4 is 0 Å². The molecular weight excluding hydrogens is 271 g/mol. The van der Waals surface area contributed by atoms with Gasteiger partial charge in [-0.3, -0.25) is 4.90 Å². The van der Waals surface area contributed by atoms with Gasteiger partial charge in [-0.1, -0.05) is 12.1 Å². The first kappa shape index (κ1) is 14.2. The van der Waals surface area contributed by atoms with E-state index in [1.165, 1.54) is 6.07 Å². The second-order valence-electron chi connectivity index (χ2n) is 5.38. The molecular formula is C15H19FN4O. The maximum absolute atomic E-state index is 13.4. The van der Waals surface area contributed by atoms with Crippen LogP contribution in [-0.2, 0) is 13.1 Å². The molecule has 0 spiro atoms. The van der Waals surface area contributed by atoms with E-state index in [1.54, 1.807) is 18.5 Å². The lowest BCUT2D eigenvalue weighted by atomic mass is 10.0. The topological polar surface area (TPSA) is 54.2 Å². The van der Waals surface area contributed by atoms with Gasteiger partial charge in [0.15, 0.2) is 0 Å². The van der Waals surface area contributed by atoms with Gasteiger partial charge >= 0.3 is 0 Å². The number of hydrogen-bond donors (Lipinski definition) is 1. The SMILES string of the molecule is CCn1ncnc1CN1C[C@H](O)C[C@@H]1c1cccc(F)c1. The maximum atomic E-state index is 13.4. The van der Waals surface area contributed by atoms with Crippen LogP contribution in [0.2, 0.25) is 0 Å². The molecule has 6 heteroatoms. The molecule has 1 N–H and O–H groups in total. The van der Waals surface area contributed by atoms with E-state index in [0.717, 1.165) is 17.9 Å². The van der Waals surface area contributed by atoms with Crippen LogP contribution in [0.4, 0.5) is 4.39 Å². The van der Waals surface area contributed by atoms with Crippen LogP contribution in [0.3, 0.4) is 0 Å². The second-order valence-corrected chi connectivity index (χ2v) is 5.38. The fourth-order valence-electron chi connectivity index (χ4n) is 2.97. The van der Waals surface area contributed by atoms with Gasteiger partial charge < -0.3 is 5.11 Å². The zero-order chi connectivity index (χ0) is 14.8. The lowest BCUT2D eigenvalue weighted by Gasteiger charge is -2.24. The zero-order valence-corrected chi connectivity index (χ0v) is 12.0. The summed E-state index contributed by atoms with van der Waals surface area (Å²) >= 11 is 0. The van der Waals surface area contributed by atoms with Crippen LogP contribution in [0.25, 0.3) is 0 Å². The van der Waals surface area contributed by atoms with Gasteiger partial charge in [-0.25, -0.2) is 14.1 Å². The summed E-state index contributed by atoms with van der Waals surface area (Å²) < 4.78 is 15.3. The highest BCUT2D eigenvalue weighted by atomic mass is 19.1. The molecule has 1 aliphatic rings. The summed E-state index contributed by atoms with van der Waals surface area (Å²) in [5, 5.41) is 14.1. The number of aromatic nitrogens is 3. The van der Waals surface area contributed by atoms with Crippen molar-refractivity contribution in [2.45, 2.75) is 38.6 Å². The summed E-state index contributed by atoms with van der Waals surface area (Å²) in [4.78, 5) is 6.41. The van der Waals surface area contributed by atoms with Gasteiger partial charge in [-0.15, -0.1) is 0 Å². The Morgan fingerprint density at radius 1 is 1.43 bits per heavy atom. The number of aryl methyl sites for hydroxylation is 1. The van der Waals surface area contributed by atoms with Gasteiger partial charge in [0.05, 0.1) is 12.6 Å². The molecule has 1 aromatic carbocycles. The maximum Gasteiger partial charge on any atom is 0.141 e. The van der Waals surface area contributed by atoms with Crippen LogP contribution in [0.15, 0.2) is 30.6 Å². The Balaban J connectivity index is 1.83. The van der Waals surface area contributed by atoms with Crippen molar-refractivity contribution in [3.63, 3.8) is 0 Å². The molecule has 5 nitrogen and oxygen atoms in total. The highest BCUT2D eigenvalue weighted by Gasteiger charge is 2.32. The number of rotatable bonds is 4. The molecule has 1 fully saturated rings. The van der Waals surface area contributed by atoms with Crippen molar-refractivity contribution in [2.24, 2.45) is 0 Å². The highest BCUT2D eigenvalue weighted by Crippen LogP contribution is 2.33. The van der Waals surface area contributed by atoms with Crippen molar-refractivity contribution in [1.82, 2.24) is 19.7 Å². The van der Waals surface area contributed by atoms with Gasteiger partial charge in [0.2, 0.25) is 0 Å². The van der Waals surface area contributed by atoms with E-state index in [9.17, 15) is 9.50 Å². The molecule has 2 atom stereocenters. The number of aliphatic hydroxyl groups excluding tert-OH is 1. The number of benzene rings is 1. The second kappa shape index (κ2) is 5.91. The van der Waals surface area contributed by atoms with Crippen LogP contribution in [-0.4, -0.2) is 37.4 Å². The lowest BCUT2D eigenvalue weighted by Crippen LogP contribution is -2.26. The summed E-state index contributed by atoms with van der Waals surface area (Å²) in [6.07, 6.45) is 1.77. The Hall–Kier alpha value is -1.79. The minimum absolute atomic E-state index is 0.0118. The van der Waals surface area contributed by atoms with Gasteiger partial charge in [-0.2, -0.15) is 5.10 Å². The molecule has 0 amide bonds. The molecule has 3 rings (SSSR count). The molecule has 0 aliphatic carbocycles.